The van der Waals surface area contributed by atoms with Crippen molar-refractivity contribution in [3.63, 3.8) is 0 Å². The molecule has 0 bridgehead atoms. The van der Waals surface area contributed by atoms with E-state index in [0.29, 0.717) is 11.3 Å². The van der Waals surface area contributed by atoms with Crippen LogP contribution in [-0.2, 0) is 6.54 Å². The summed E-state index contributed by atoms with van der Waals surface area (Å²) >= 11 is 0. The monoisotopic (exact) mass is 286 g/mol. The minimum absolute atomic E-state index is 0.310. The lowest BCUT2D eigenvalue weighted by Crippen LogP contribution is -2.15. The molecule has 0 atom stereocenters. The molecule has 0 aliphatic rings. The first-order valence-corrected chi connectivity index (χ1v) is 7.05. The van der Waals surface area contributed by atoms with Crippen LogP contribution in [0.2, 0.25) is 0 Å². The smallest absolute Gasteiger partial charge is 0.255 e. The fourth-order valence-electron chi connectivity index (χ4n) is 2.00. The number of halogens is 1. The number of benzene rings is 2. The number of hydrogen-bond acceptors (Lipinski definition) is 2. The first kappa shape index (κ1) is 15.2. The Hall–Kier alpha value is -2.20. The summed E-state index contributed by atoms with van der Waals surface area (Å²) < 4.78 is 13.1. The van der Waals surface area contributed by atoms with Crippen LogP contribution >= 0.6 is 0 Å². The third kappa shape index (κ3) is 4.68. The van der Waals surface area contributed by atoms with Gasteiger partial charge in [-0.15, -0.1) is 0 Å². The Morgan fingerprint density at radius 3 is 2.71 bits per heavy atom. The van der Waals surface area contributed by atoms with E-state index in [1.54, 1.807) is 6.07 Å². The summed E-state index contributed by atoms with van der Waals surface area (Å²) in [5.41, 5.74) is 2.12. The lowest BCUT2D eigenvalue weighted by Gasteiger charge is -2.08. The first-order valence-electron chi connectivity index (χ1n) is 7.05. The van der Waals surface area contributed by atoms with E-state index < -0.39 is 5.82 Å². The van der Waals surface area contributed by atoms with Crippen molar-refractivity contribution in [3.05, 3.63) is 65.5 Å². The number of carbonyl (C=O) groups is 1. The van der Waals surface area contributed by atoms with Crippen LogP contribution in [-0.4, -0.2) is 12.5 Å². The van der Waals surface area contributed by atoms with Gasteiger partial charge in [0.2, 0.25) is 0 Å². The molecule has 0 saturated carbocycles. The maximum atomic E-state index is 13.1. The van der Waals surface area contributed by atoms with E-state index in [2.05, 4.69) is 17.6 Å². The number of anilines is 1. The lowest BCUT2D eigenvalue weighted by atomic mass is 10.1. The maximum absolute atomic E-state index is 13.1. The van der Waals surface area contributed by atoms with Crippen molar-refractivity contribution in [3.8, 4) is 0 Å². The summed E-state index contributed by atoms with van der Waals surface area (Å²) in [4.78, 5) is 12.0. The Morgan fingerprint density at radius 1 is 1.14 bits per heavy atom. The Balaban J connectivity index is 2.02. The second-order valence-electron chi connectivity index (χ2n) is 4.84. The van der Waals surface area contributed by atoms with Crippen LogP contribution in [0.4, 0.5) is 10.1 Å². The van der Waals surface area contributed by atoms with Gasteiger partial charge in [0.15, 0.2) is 0 Å². The number of nitrogens with one attached hydrogen (secondary N) is 2. The molecule has 0 aliphatic carbocycles. The highest BCUT2D eigenvalue weighted by molar-refractivity contribution is 6.04. The molecule has 2 rings (SSSR count). The van der Waals surface area contributed by atoms with Gasteiger partial charge in [0.05, 0.1) is 0 Å². The van der Waals surface area contributed by atoms with Crippen molar-refractivity contribution < 1.29 is 9.18 Å². The summed E-state index contributed by atoms with van der Waals surface area (Å²) in [5.74, 6) is -0.728. The van der Waals surface area contributed by atoms with Crippen molar-refractivity contribution in [1.82, 2.24) is 5.32 Å². The molecule has 0 saturated heterocycles. The van der Waals surface area contributed by atoms with E-state index in [9.17, 15) is 9.18 Å². The lowest BCUT2D eigenvalue weighted by molar-refractivity contribution is 0.102. The fourth-order valence-corrected chi connectivity index (χ4v) is 2.00. The molecule has 0 unspecified atom stereocenters. The van der Waals surface area contributed by atoms with Gasteiger partial charge in [0.25, 0.3) is 5.91 Å². The largest absolute Gasteiger partial charge is 0.322 e. The minimum atomic E-state index is -0.417. The summed E-state index contributed by atoms with van der Waals surface area (Å²) in [6.45, 7) is 3.83. The normalized spacial score (nSPS) is 10.4. The second kappa shape index (κ2) is 7.55. The predicted octanol–water partition coefficient (Wildman–Crippen LogP) is 3.58. The van der Waals surface area contributed by atoms with Gasteiger partial charge in [-0.3, -0.25) is 4.79 Å². The first-order chi connectivity index (χ1) is 10.2. The van der Waals surface area contributed by atoms with E-state index in [1.807, 2.05) is 24.3 Å². The van der Waals surface area contributed by atoms with Crippen molar-refractivity contribution in [2.75, 3.05) is 11.9 Å². The molecular weight excluding hydrogens is 267 g/mol. The third-order valence-corrected chi connectivity index (χ3v) is 3.03. The van der Waals surface area contributed by atoms with Gasteiger partial charge in [0, 0.05) is 17.8 Å². The van der Waals surface area contributed by atoms with Gasteiger partial charge in [-0.1, -0.05) is 25.1 Å². The molecule has 0 aliphatic heterocycles. The summed E-state index contributed by atoms with van der Waals surface area (Å²) in [5, 5.41) is 6.09. The zero-order valence-electron chi connectivity index (χ0n) is 12.0. The van der Waals surface area contributed by atoms with Gasteiger partial charge in [0.1, 0.15) is 5.82 Å². The topological polar surface area (TPSA) is 41.1 Å². The molecule has 110 valence electrons. The molecule has 1 amide bonds. The molecular formula is C17H19FN2O. The SMILES string of the molecule is CCCNCc1cccc(NC(=O)c2cccc(F)c2)c1. The average Bonchev–Trinajstić information content (AvgIpc) is 2.48. The van der Waals surface area contributed by atoms with Crippen LogP contribution in [0.5, 0.6) is 0 Å². The minimum Gasteiger partial charge on any atom is -0.322 e. The Bertz CT molecular complexity index is 613. The second-order valence-corrected chi connectivity index (χ2v) is 4.84. The fraction of sp³-hybridized carbons (Fsp3) is 0.235. The van der Waals surface area contributed by atoms with Gasteiger partial charge in [-0.25, -0.2) is 4.39 Å². The Labute approximate surface area is 124 Å². The van der Waals surface area contributed by atoms with E-state index in [-0.39, 0.29) is 5.91 Å². The van der Waals surface area contributed by atoms with Crippen LogP contribution in [0.15, 0.2) is 48.5 Å². The van der Waals surface area contributed by atoms with Crippen LogP contribution in [0.1, 0.15) is 29.3 Å². The van der Waals surface area contributed by atoms with Crippen molar-refractivity contribution in [2.45, 2.75) is 19.9 Å². The van der Waals surface area contributed by atoms with Crippen LogP contribution in [0.3, 0.4) is 0 Å². The maximum Gasteiger partial charge on any atom is 0.255 e. The van der Waals surface area contributed by atoms with Crippen molar-refractivity contribution in [2.24, 2.45) is 0 Å². The van der Waals surface area contributed by atoms with Crippen molar-refractivity contribution in [1.29, 1.82) is 0 Å². The molecule has 0 spiro atoms. The molecule has 3 nitrogen and oxygen atoms in total. The van der Waals surface area contributed by atoms with Gasteiger partial charge < -0.3 is 10.6 Å². The molecule has 4 heteroatoms. The highest BCUT2D eigenvalue weighted by atomic mass is 19.1. The zero-order valence-corrected chi connectivity index (χ0v) is 12.0. The number of hydrogen-bond donors (Lipinski definition) is 2. The number of carbonyl (C=O) groups excluding carboxylic acids is 1. The standard InChI is InChI=1S/C17H19FN2O/c1-2-9-19-12-13-5-3-8-16(10-13)20-17(21)14-6-4-7-15(18)11-14/h3-8,10-11,19H,2,9,12H2,1H3,(H,20,21). The Kier molecular flexibility index (Phi) is 5.46. The van der Waals surface area contributed by atoms with Crippen LogP contribution < -0.4 is 10.6 Å². The average molecular weight is 286 g/mol. The van der Waals surface area contributed by atoms with Crippen LogP contribution in [0.25, 0.3) is 0 Å². The number of rotatable bonds is 6. The summed E-state index contributed by atoms with van der Waals surface area (Å²) in [7, 11) is 0. The zero-order chi connectivity index (χ0) is 15.1. The van der Waals surface area contributed by atoms with Gasteiger partial charge >= 0.3 is 0 Å². The molecule has 0 radical (unpaired) electrons. The third-order valence-electron chi connectivity index (χ3n) is 3.03. The summed E-state index contributed by atoms with van der Waals surface area (Å²) in [6.07, 6.45) is 1.08. The van der Waals surface area contributed by atoms with E-state index in [4.69, 9.17) is 0 Å². The van der Waals surface area contributed by atoms with Crippen molar-refractivity contribution >= 4 is 11.6 Å². The highest BCUT2D eigenvalue weighted by Gasteiger charge is 2.07. The Morgan fingerprint density at radius 2 is 1.95 bits per heavy atom. The highest BCUT2D eigenvalue weighted by Crippen LogP contribution is 2.13. The quantitative estimate of drug-likeness (QED) is 0.797. The van der Waals surface area contributed by atoms with Crippen LogP contribution in [0, 0.1) is 5.82 Å². The van der Waals surface area contributed by atoms with E-state index in [0.717, 1.165) is 25.1 Å². The predicted molar refractivity (Wildman–Crippen MR) is 82.8 cm³/mol. The van der Waals surface area contributed by atoms with E-state index >= 15 is 0 Å². The molecule has 0 aromatic heterocycles. The summed E-state index contributed by atoms with van der Waals surface area (Å²) in [6, 6.07) is 13.3. The van der Waals surface area contributed by atoms with Gasteiger partial charge in [-0.05, 0) is 48.9 Å². The molecule has 2 aromatic rings. The molecule has 21 heavy (non-hydrogen) atoms. The number of amides is 1. The molecule has 2 N–H and O–H groups in total. The molecule has 0 fully saturated rings. The van der Waals surface area contributed by atoms with E-state index in [1.165, 1.54) is 18.2 Å². The van der Waals surface area contributed by atoms with Gasteiger partial charge in [-0.2, -0.15) is 0 Å². The molecule has 2 aromatic carbocycles. The molecule has 0 heterocycles.